The van der Waals surface area contributed by atoms with Gasteiger partial charge in [-0.25, -0.2) is 4.79 Å². The van der Waals surface area contributed by atoms with E-state index in [0.29, 0.717) is 5.56 Å². The van der Waals surface area contributed by atoms with Crippen LogP contribution in [0.2, 0.25) is 0 Å². The van der Waals surface area contributed by atoms with Crippen molar-refractivity contribution in [2.75, 3.05) is 0 Å². The van der Waals surface area contributed by atoms with Gasteiger partial charge >= 0.3 is 12.1 Å². The van der Waals surface area contributed by atoms with E-state index in [1.165, 1.54) is 6.92 Å². The average Bonchev–Trinajstić information content (AvgIpc) is 3.01. The lowest BCUT2D eigenvalue weighted by Crippen LogP contribution is -2.44. The smallest absolute Gasteiger partial charge is 0.435 e. The summed E-state index contributed by atoms with van der Waals surface area (Å²) >= 11 is 0. The zero-order valence-corrected chi connectivity index (χ0v) is 13.3. The van der Waals surface area contributed by atoms with E-state index in [9.17, 15) is 27.9 Å². The van der Waals surface area contributed by atoms with Gasteiger partial charge in [-0.15, -0.1) is 0 Å². The first-order valence-corrected chi connectivity index (χ1v) is 7.35. The van der Waals surface area contributed by atoms with Gasteiger partial charge in [0, 0.05) is 12.7 Å². The Kier molecular flexibility index (Phi) is 5.45. The second-order valence-electron chi connectivity index (χ2n) is 5.42. The van der Waals surface area contributed by atoms with E-state index < -0.39 is 36.3 Å². The number of hydrogen-bond donors (Lipinski definition) is 1. The maximum atomic E-state index is 12.6. The molecule has 1 aromatic carbocycles. The topological polar surface area (TPSA) is 75.4 Å². The van der Waals surface area contributed by atoms with Gasteiger partial charge in [0.15, 0.2) is 5.69 Å². The fourth-order valence-corrected chi connectivity index (χ4v) is 2.18. The Bertz CT molecular complexity index is 744. The fraction of sp³-hybridized carbons (Fsp3) is 0.312. The Labute approximate surface area is 141 Å². The predicted molar refractivity (Wildman–Crippen MR) is 81.3 cm³/mol. The fourth-order valence-electron chi connectivity index (χ4n) is 2.18. The molecule has 0 aliphatic carbocycles. The highest BCUT2D eigenvalue weighted by atomic mass is 19.4. The molecule has 1 atom stereocenters. The van der Waals surface area contributed by atoms with Crippen molar-refractivity contribution in [3.8, 4) is 0 Å². The van der Waals surface area contributed by atoms with Crippen LogP contribution in [0.15, 0.2) is 42.6 Å². The number of carbonyl (C=O) groups is 2. The molecule has 0 radical (unpaired) electrons. The minimum Gasteiger partial charge on any atom is -0.480 e. The molecule has 0 fully saturated rings. The van der Waals surface area contributed by atoms with E-state index in [2.05, 4.69) is 5.10 Å². The minimum atomic E-state index is -4.60. The second-order valence-corrected chi connectivity index (χ2v) is 5.42. The van der Waals surface area contributed by atoms with Crippen LogP contribution >= 0.6 is 0 Å². The summed E-state index contributed by atoms with van der Waals surface area (Å²) in [4.78, 5) is 24.8. The van der Waals surface area contributed by atoms with Crippen LogP contribution in [0.4, 0.5) is 13.2 Å². The first-order valence-electron chi connectivity index (χ1n) is 7.35. The first kappa shape index (κ1) is 18.5. The third-order valence-corrected chi connectivity index (χ3v) is 3.57. The van der Waals surface area contributed by atoms with Gasteiger partial charge in [0.1, 0.15) is 12.6 Å². The van der Waals surface area contributed by atoms with Crippen molar-refractivity contribution in [3.63, 3.8) is 0 Å². The lowest BCUT2D eigenvalue weighted by molar-refractivity contribution is -0.150. The minimum absolute atomic E-state index is 0.0283. The quantitative estimate of drug-likeness (QED) is 0.863. The molecule has 1 heterocycles. The van der Waals surface area contributed by atoms with E-state index in [1.54, 1.807) is 30.3 Å². The van der Waals surface area contributed by atoms with Gasteiger partial charge in [0.25, 0.3) is 0 Å². The molecule has 6 nitrogen and oxygen atoms in total. The van der Waals surface area contributed by atoms with E-state index in [0.717, 1.165) is 21.8 Å². The third kappa shape index (κ3) is 4.82. The van der Waals surface area contributed by atoms with Crippen LogP contribution in [0.5, 0.6) is 0 Å². The number of nitrogens with zero attached hydrogens (tertiary/aromatic N) is 3. The summed E-state index contributed by atoms with van der Waals surface area (Å²) in [6.45, 7) is 0.883. The summed E-state index contributed by atoms with van der Waals surface area (Å²) in [5, 5.41) is 12.5. The highest BCUT2D eigenvalue weighted by Crippen LogP contribution is 2.27. The van der Waals surface area contributed by atoms with Crippen LogP contribution < -0.4 is 0 Å². The Morgan fingerprint density at radius 2 is 1.88 bits per heavy atom. The molecular weight excluding hydrogens is 339 g/mol. The number of carboxylic acid groups (broad SMARTS) is 1. The normalized spacial score (nSPS) is 12.6. The molecule has 0 saturated carbocycles. The molecule has 0 saturated heterocycles. The number of halogens is 3. The molecule has 134 valence electrons. The molecule has 0 aliphatic rings. The van der Waals surface area contributed by atoms with Crippen molar-refractivity contribution < 1.29 is 27.9 Å². The van der Waals surface area contributed by atoms with E-state index in [1.807, 2.05) is 0 Å². The van der Waals surface area contributed by atoms with Crippen molar-refractivity contribution in [1.29, 1.82) is 0 Å². The molecule has 9 heteroatoms. The van der Waals surface area contributed by atoms with Gasteiger partial charge in [0.2, 0.25) is 5.91 Å². The van der Waals surface area contributed by atoms with Gasteiger partial charge in [-0.1, -0.05) is 30.3 Å². The lowest BCUT2D eigenvalue weighted by Gasteiger charge is -2.26. The summed E-state index contributed by atoms with van der Waals surface area (Å²) in [6.07, 6.45) is -3.57. The molecule has 0 aliphatic heterocycles. The molecule has 1 amide bonds. The zero-order valence-electron chi connectivity index (χ0n) is 13.3. The number of carboxylic acids is 1. The molecular formula is C16H16F3N3O3. The molecule has 0 bridgehead atoms. The van der Waals surface area contributed by atoms with Crippen molar-refractivity contribution in [3.05, 3.63) is 53.9 Å². The number of benzene rings is 1. The Morgan fingerprint density at radius 1 is 1.24 bits per heavy atom. The molecule has 2 aromatic rings. The van der Waals surface area contributed by atoms with Crippen LogP contribution in [-0.4, -0.2) is 37.7 Å². The lowest BCUT2D eigenvalue weighted by atomic mass is 10.1. The Balaban J connectivity index is 2.17. The number of amides is 1. The maximum absolute atomic E-state index is 12.6. The van der Waals surface area contributed by atoms with Gasteiger partial charge in [-0.2, -0.15) is 18.3 Å². The Morgan fingerprint density at radius 3 is 2.40 bits per heavy atom. The number of rotatable bonds is 6. The van der Waals surface area contributed by atoms with Crippen LogP contribution in [-0.2, 0) is 28.9 Å². The van der Waals surface area contributed by atoms with Crippen molar-refractivity contribution in [1.82, 2.24) is 14.7 Å². The van der Waals surface area contributed by atoms with Crippen LogP contribution in [0.25, 0.3) is 0 Å². The monoisotopic (exact) mass is 355 g/mol. The standard InChI is InChI=1S/C16H16F3N3O3/c1-11(15(24)25)22(9-12-5-3-2-4-6-12)14(23)10-21-8-7-13(20-21)16(17,18)19/h2-8,11H,9-10H2,1H3,(H,24,25). The highest BCUT2D eigenvalue weighted by Gasteiger charge is 2.34. The van der Waals surface area contributed by atoms with Gasteiger partial charge in [0.05, 0.1) is 0 Å². The number of alkyl halides is 3. The van der Waals surface area contributed by atoms with Crippen LogP contribution in [0.3, 0.4) is 0 Å². The van der Waals surface area contributed by atoms with Crippen LogP contribution in [0, 0.1) is 0 Å². The second kappa shape index (κ2) is 7.37. The Hall–Kier alpha value is -2.84. The SMILES string of the molecule is CC(C(=O)O)N(Cc1ccccc1)C(=O)Cn1ccc(C(F)(F)F)n1. The predicted octanol–water partition coefficient (Wildman–Crippen LogP) is 2.40. The number of aromatic nitrogens is 2. The summed E-state index contributed by atoms with van der Waals surface area (Å²) in [5.41, 5.74) is -0.401. The number of aliphatic carboxylic acids is 1. The number of hydrogen-bond acceptors (Lipinski definition) is 3. The zero-order chi connectivity index (χ0) is 18.6. The molecule has 25 heavy (non-hydrogen) atoms. The molecule has 0 spiro atoms. The first-order chi connectivity index (χ1) is 11.7. The number of carbonyl (C=O) groups excluding carboxylic acids is 1. The summed E-state index contributed by atoms with van der Waals surface area (Å²) < 4.78 is 38.6. The van der Waals surface area contributed by atoms with Crippen molar-refractivity contribution in [2.24, 2.45) is 0 Å². The molecule has 1 N–H and O–H groups in total. The van der Waals surface area contributed by atoms with Crippen molar-refractivity contribution >= 4 is 11.9 Å². The van der Waals surface area contributed by atoms with E-state index in [-0.39, 0.29) is 6.54 Å². The summed E-state index contributed by atoms with van der Waals surface area (Å²) in [6, 6.07) is 8.34. The molecule has 1 aromatic heterocycles. The highest BCUT2D eigenvalue weighted by molar-refractivity contribution is 5.83. The van der Waals surface area contributed by atoms with Gasteiger partial charge in [-0.05, 0) is 18.6 Å². The van der Waals surface area contributed by atoms with Crippen molar-refractivity contribution in [2.45, 2.75) is 32.2 Å². The van der Waals surface area contributed by atoms with Gasteiger partial charge < -0.3 is 10.0 Å². The van der Waals surface area contributed by atoms with E-state index >= 15 is 0 Å². The summed E-state index contributed by atoms with van der Waals surface area (Å²) in [5.74, 6) is -1.85. The third-order valence-electron chi connectivity index (χ3n) is 3.57. The molecule has 2 rings (SSSR count). The van der Waals surface area contributed by atoms with E-state index in [4.69, 9.17) is 0 Å². The largest absolute Gasteiger partial charge is 0.480 e. The average molecular weight is 355 g/mol. The van der Waals surface area contributed by atoms with Crippen LogP contribution in [0.1, 0.15) is 18.2 Å². The summed E-state index contributed by atoms with van der Waals surface area (Å²) in [7, 11) is 0. The van der Waals surface area contributed by atoms with Gasteiger partial charge in [-0.3, -0.25) is 9.48 Å². The maximum Gasteiger partial charge on any atom is 0.435 e. The molecule has 1 unspecified atom stereocenters.